The normalized spacial score (nSPS) is 18.1. The summed E-state index contributed by atoms with van der Waals surface area (Å²) in [6, 6.07) is 15.0. The first-order chi connectivity index (χ1) is 16.3. The van der Waals surface area contributed by atoms with Crippen LogP contribution in [0.4, 0.5) is 4.39 Å². The Bertz CT molecular complexity index is 1380. The summed E-state index contributed by atoms with van der Waals surface area (Å²) in [5, 5.41) is 11.1. The highest BCUT2D eigenvalue weighted by Gasteiger charge is 2.36. The summed E-state index contributed by atoms with van der Waals surface area (Å²) in [5.41, 5.74) is 1.42. The molecule has 0 aliphatic carbocycles. The number of nitrogens with one attached hydrogen (secondary N) is 1. The first-order valence-electron chi connectivity index (χ1n) is 10.8. The first-order valence-corrected chi connectivity index (χ1v) is 10.8. The summed E-state index contributed by atoms with van der Waals surface area (Å²) >= 11 is 0. The van der Waals surface area contributed by atoms with E-state index in [9.17, 15) is 9.90 Å². The van der Waals surface area contributed by atoms with Crippen molar-refractivity contribution in [1.29, 1.82) is 0 Å². The molecule has 1 aliphatic rings. The molecule has 2 aromatic carbocycles. The number of nitrogens with zero attached hydrogens (tertiary/aromatic N) is 2. The van der Waals surface area contributed by atoms with Crippen molar-refractivity contribution in [3.8, 4) is 0 Å². The number of aliphatic hydroxyl groups excluding tert-OH is 1. The van der Waals surface area contributed by atoms with Crippen LogP contribution in [0.5, 0.6) is 0 Å². The molecule has 1 atom stereocenters. The van der Waals surface area contributed by atoms with Crippen molar-refractivity contribution < 1.29 is 23.8 Å². The number of pyridine rings is 1. The topological polar surface area (TPSA) is 97.3 Å². The zero-order chi connectivity index (χ0) is 23.9. The van der Waals surface area contributed by atoms with Gasteiger partial charge >= 0.3 is 0 Å². The minimum atomic E-state index is -0.852. The van der Waals surface area contributed by atoms with Crippen molar-refractivity contribution in [3.63, 3.8) is 0 Å². The number of rotatable bonds is 5. The average molecular weight is 459 g/mol. The summed E-state index contributed by atoms with van der Waals surface area (Å²) < 4.78 is 27.0. The van der Waals surface area contributed by atoms with Crippen LogP contribution in [0.25, 0.3) is 22.4 Å². The van der Waals surface area contributed by atoms with E-state index in [1.165, 1.54) is 12.3 Å². The average Bonchev–Trinajstić information content (AvgIpc) is 3.42. The van der Waals surface area contributed by atoms with E-state index in [0.29, 0.717) is 16.6 Å². The molecule has 3 heterocycles. The third-order valence-electron chi connectivity index (χ3n) is 5.65. The van der Waals surface area contributed by atoms with Gasteiger partial charge < -0.3 is 19.6 Å². The summed E-state index contributed by atoms with van der Waals surface area (Å²) in [7, 11) is 0. The van der Waals surface area contributed by atoms with Gasteiger partial charge in [-0.1, -0.05) is 24.3 Å². The van der Waals surface area contributed by atoms with Gasteiger partial charge in [0.05, 0.1) is 23.2 Å². The summed E-state index contributed by atoms with van der Waals surface area (Å²) in [5.74, 6) is -2.54. The number of fused-ring (bicyclic) bond motifs is 1. The molecule has 0 bridgehead atoms. The van der Waals surface area contributed by atoms with Crippen LogP contribution in [0.15, 0.2) is 67.0 Å². The smallest absolute Gasteiger partial charge is 0.203 e. The molecule has 1 fully saturated rings. The van der Waals surface area contributed by atoms with Gasteiger partial charge in [-0.2, -0.15) is 0 Å². The Morgan fingerprint density at radius 1 is 1.15 bits per heavy atom. The number of H-pyrrole nitrogens is 1. The Kier molecular flexibility index (Phi) is 5.47. The van der Waals surface area contributed by atoms with Crippen LogP contribution in [0.2, 0.25) is 0 Å². The number of aliphatic hydroxyl groups is 1. The molecule has 0 spiro atoms. The minimum Gasteiger partial charge on any atom is -0.506 e. The van der Waals surface area contributed by atoms with Crippen molar-refractivity contribution in [3.05, 3.63) is 95.3 Å². The van der Waals surface area contributed by atoms with E-state index in [1.807, 2.05) is 12.1 Å². The van der Waals surface area contributed by atoms with E-state index >= 15 is 4.39 Å². The van der Waals surface area contributed by atoms with Crippen LogP contribution in [0.1, 0.15) is 47.3 Å². The zero-order valence-corrected chi connectivity index (χ0v) is 18.6. The number of Topliss-reactive ketones (excluding diaryl/α,β-unsaturated/α-hetero) is 1. The predicted octanol–water partition coefficient (Wildman–Crippen LogP) is 5.23. The van der Waals surface area contributed by atoms with Gasteiger partial charge in [0.15, 0.2) is 5.79 Å². The maximum Gasteiger partial charge on any atom is 0.203 e. The van der Waals surface area contributed by atoms with Gasteiger partial charge in [0.25, 0.3) is 0 Å². The Labute approximate surface area is 194 Å². The van der Waals surface area contributed by atoms with Crippen LogP contribution >= 0.6 is 0 Å². The van der Waals surface area contributed by atoms with Crippen molar-refractivity contribution in [2.45, 2.75) is 25.7 Å². The van der Waals surface area contributed by atoms with Crippen molar-refractivity contribution >= 4 is 28.1 Å². The van der Waals surface area contributed by atoms with Crippen LogP contribution < -0.4 is 0 Å². The van der Waals surface area contributed by atoms with Crippen LogP contribution in [-0.2, 0) is 9.47 Å². The SMILES string of the molecule is CC1(C)OC[C@@H](c2cccc(C(=O)C(=C(O)c3cccnc3)c3nc4ccccc4[nH]3)c2F)O1. The highest BCUT2D eigenvalue weighted by Crippen LogP contribution is 2.36. The Morgan fingerprint density at radius 3 is 2.68 bits per heavy atom. The molecule has 5 rings (SSSR count). The number of carbonyl (C=O) groups excluding carboxylic acids is 1. The summed E-state index contributed by atoms with van der Waals surface area (Å²) in [6.45, 7) is 3.65. The molecule has 0 saturated carbocycles. The largest absolute Gasteiger partial charge is 0.506 e. The molecule has 172 valence electrons. The maximum atomic E-state index is 15.7. The van der Waals surface area contributed by atoms with Gasteiger partial charge in [-0.3, -0.25) is 9.78 Å². The van der Waals surface area contributed by atoms with Crippen molar-refractivity contribution in [2.75, 3.05) is 6.61 Å². The molecule has 2 N–H and O–H groups in total. The second kappa shape index (κ2) is 8.48. The van der Waals surface area contributed by atoms with E-state index in [-0.39, 0.29) is 34.9 Å². The Balaban J connectivity index is 1.64. The number of aromatic amines is 1. The lowest BCUT2D eigenvalue weighted by Gasteiger charge is -2.18. The number of ketones is 1. The number of ether oxygens (including phenoxy) is 2. The van der Waals surface area contributed by atoms with Gasteiger partial charge in [0, 0.05) is 23.5 Å². The second-order valence-corrected chi connectivity index (χ2v) is 8.42. The van der Waals surface area contributed by atoms with Gasteiger partial charge in [-0.15, -0.1) is 0 Å². The third kappa shape index (κ3) is 3.98. The second-order valence-electron chi connectivity index (χ2n) is 8.42. The van der Waals surface area contributed by atoms with Gasteiger partial charge in [0.1, 0.15) is 29.1 Å². The van der Waals surface area contributed by atoms with Gasteiger partial charge in [0.2, 0.25) is 5.78 Å². The molecule has 0 amide bonds. The maximum absolute atomic E-state index is 15.7. The number of imidazole rings is 1. The number of halogens is 1. The fourth-order valence-corrected chi connectivity index (χ4v) is 3.99. The van der Waals surface area contributed by atoms with Crippen molar-refractivity contribution in [1.82, 2.24) is 15.0 Å². The third-order valence-corrected chi connectivity index (χ3v) is 5.65. The van der Waals surface area contributed by atoms with Crippen LogP contribution in [0, 0.1) is 5.82 Å². The number of hydrogen-bond acceptors (Lipinski definition) is 6. The van der Waals surface area contributed by atoms with E-state index in [0.717, 1.165) is 0 Å². The molecule has 7 nitrogen and oxygen atoms in total. The van der Waals surface area contributed by atoms with E-state index in [2.05, 4.69) is 15.0 Å². The highest BCUT2D eigenvalue weighted by molar-refractivity contribution is 6.33. The van der Waals surface area contributed by atoms with Gasteiger partial charge in [-0.05, 0) is 44.2 Å². The lowest BCUT2D eigenvalue weighted by Crippen LogP contribution is -2.20. The first kappa shape index (κ1) is 21.9. The molecule has 0 radical (unpaired) electrons. The van der Waals surface area contributed by atoms with E-state index in [4.69, 9.17) is 9.47 Å². The summed E-state index contributed by atoms with van der Waals surface area (Å²) in [6.07, 6.45) is 2.31. The van der Waals surface area contributed by atoms with Gasteiger partial charge in [-0.25, -0.2) is 9.37 Å². The fourth-order valence-electron chi connectivity index (χ4n) is 3.99. The van der Waals surface area contributed by atoms with E-state index in [1.54, 1.807) is 56.4 Å². The number of para-hydroxylation sites is 2. The standard InChI is InChI=1S/C26H22FN3O4/c1-26(2)33-14-20(34-26)16-8-5-9-17(22(16)27)24(32)21(23(31)15-7-6-12-28-13-15)25-29-18-10-3-4-11-19(18)30-25/h3-13,20,31H,14H2,1-2H3,(H,29,30)/t20-/m0/s1. The van der Waals surface area contributed by atoms with E-state index < -0.39 is 23.5 Å². The quantitative estimate of drug-likeness (QED) is 0.241. The zero-order valence-electron chi connectivity index (χ0n) is 18.6. The molecule has 8 heteroatoms. The monoisotopic (exact) mass is 459 g/mol. The molecular formula is C26H22FN3O4. The number of hydrogen-bond donors (Lipinski definition) is 2. The summed E-state index contributed by atoms with van der Waals surface area (Å²) in [4.78, 5) is 25.3. The molecule has 34 heavy (non-hydrogen) atoms. The molecular weight excluding hydrogens is 437 g/mol. The number of benzene rings is 2. The number of aromatic nitrogens is 3. The van der Waals surface area contributed by atoms with Crippen LogP contribution in [0.3, 0.4) is 0 Å². The highest BCUT2D eigenvalue weighted by atomic mass is 19.1. The number of allylic oxidation sites excluding steroid dienone is 1. The lowest BCUT2D eigenvalue weighted by atomic mass is 9.96. The van der Waals surface area contributed by atoms with Crippen molar-refractivity contribution in [2.24, 2.45) is 0 Å². The predicted molar refractivity (Wildman–Crippen MR) is 124 cm³/mol. The molecule has 1 saturated heterocycles. The molecule has 0 unspecified atom stereocenters. The Hall–Kier alpha value is -3.88. The number of carbonyl (C=O) groups is 1. The Morgan fingerprint density at radius 2 is 1.97 bits per heavy atom. The fraction of sp³-hybridized carbons (Fsp3) is 0.192. The van der Waals surface area contributed by atoms with Crippen LogP contribution in [-0.4, -0.2) is 38.2 Å². The molecule has 2 aromatic heterocycles. The molecule has 1 aliphatic heterocycles. The minimum absolute atomic E-state index is 0.124. The lowest BCUT2D eigenvalue weighted by molar-refractivity contribution is -0.139. The molecule has 4 aromatic rings.